The minimum Gasteiger partial charge on any atom is -0.508 e. The van der Waals surface area contributed by atoms with Crippen LogP contribution in [0.4, 0.5) is 8.78 Å². The molecule has 0 aliphatic carbocycles. The smallest absolute Gasteiger partial charge is 0.305 e. The van der Waals surface area contributed by atoms with Gasteiger partial charge in [-0.05, 0) is 110 Å². The molecule has 0 unspecified atom stereocenters. The van der Waals surface area contributed by atoms with Gasteiger partial charge in [-0.3, -0.25) is 9.59 Å². The summed E-state index contributed by atoms with van der Waals surface area (Å²) in [7, 11) is 0. The van der Waals surface area contributed by atoms with Gasteiger partial charge in [0.25, 0.3) is 0 Å². The number of aromatic hydroxyl groups is 1. The molecule has 0 atom stereocenters. The lowest BCUT2D eigenvalue weighted by Gasteiger charge is -2.15. The van der Waals surface area contributed by atoms with Crippen LogP contribution in [-0.2, 0) is 45.1 Å². The molecule has 0 heterocycles. The molecule has 1 N–H and O–H groups in total. The summed E-state index contributed by atoms with van der Waals surface area (Å²) in [5.41, 5.74) is 4.26. The summed E-state index contributed by atoms with van der Waals surface area (Å²) in [6.07, 6.45) is 3.84. The van der Waals surface area contributed by atoms with E-state index in [9.17, 15) is 23.5 Å². The predicted octanol–water partition coefficient (Wildman–Crippen LogP) is 13.7. The van der Waals surface area contributed by atoms with Crippen molar-refractivity contribution >= 4 is 27.9 Å². The Morgan fingerprint density at radius 2 is 0.970 bits per heavy atom. The third-order valence-electron chi connectivity index (χ3n) is 9.48. The summed E-state index contributed by atoms with van der Waals surface area (Å²) >= 11 is 3.22. The highest BCUT2D eigenvalue weighted by Gasteiger charge is 2.14. The lowest BCUT2D eigenvalue weighted by atomic mass is 10.1. The summed E-state index contributed by atoms with van der Waals surface area (Å²) in [4.78, 5) is 21.9. The van der Waals surface area contributed by atoms with E-state index in [0.29, 0.717) is 68.0 Å². The number of alkyl halides is 1. The first kappa shape index (κ1) is 53.0. The molecule has 67 heavy (non-hydrogen) atoms. The van der Waals surface area contributed by atoms with Gasteiger partial charge in [-0.2, -0.15) is 0 Å². The average molecular weight is 986 g/mol. The maximum absolute atomic E-state index is 14.7. The number of rotatable bonds is 22. The van der Waals surface area contributed by atoms with Crippen molar-refractivity contribution < 1.29 is 56.6 Å². The topological polar surface area (TPSA) is 119 Å². The monoisotopic (exact) mass is 984 g/mol. The number of halogens is 3. The Kier molecular flexibility index (Phi) is 23.6. The van der Waals surface area contributed by atoms with E-state index in [1.54, 1.807) is 25.1 Å². The molecule has 356 valence electrons. The molecule has 0 radical (unpaired) electrons. The van der Waals surface area contributed by atoms with Crippen LogP contribution in [-0.4, -0.2) is 42.2 Å². The number of ether oxygens (including phenoxy) is 7. The van der Waals surface area contributed by atoms with E-state index in [2.05, 4.69) is 34.5 Å². The summed E-state index contributed by atoms with van der Waals surface area (Å²) < 4.78 is 67.1. The third kappa shape index (κ3) is 19.4. The Hall–Kier alpha value is -6.60. The molecule has 10 nitrogen and oxygen atoms in total. The van der Waals surface area contributed by atoms with Crippen molar-refractivity contribution in [2.45, 2.75) is 79.4 Å². The summed E-state index contributed by atoms with van der Waals surface area (Å²) in [5.74, 6) is 0.745. The molecule has 6 aromatic carbocycles. The molecule has 0 saturated heterocycles. The van der Waals surface area contributed by atoms with E-state index in [1.807, 2.05) is 91.9 Å². The van der Waals surface area contributed by atoms with E-state index < -0.39 is 11.6 Å². The van der Waals surface area contributed by atoms with Crippen molar-refractivity contribution in [2.24, 2.45) is 0 Å². The lowest BCUT2D eigenvalue weighted by Crippen LogP contribution is -2.06. The minimum absolute atomic E-state index is 0.0339. The first-order valence-corrected chi connectivity index (χ1v) is 23.4. The second kappa shape index (κ2) is 29.8. The van der Waals surface area contributed by atoms with Crippen molar-refractivity contribution in [1.82, 2.24) is 0 Å². The molecule has 0 saturated carbocycles. The van der Waals surface area contributed by atoms with Crippen LogP contribution in [0.1, 0.15) is 75.6 Å². The van der Waals surface area contributed by atoms with E-state index in [-0.39, 0.29) is 42.2 Å². The molecule has 0 fully saturated rings. The molecule has 6 rings (SSSR count). The van der Waals surface area contributed by atoms with Crippen LogP contribution in [0.25, 0.3) is 0 Å². The summed E-state index contributed by atoms with van der Waals surface area (Å²) in [5, 5.41) is 10.2. The van der Waals surface area contributed by atoms with Crippen molar-refractivity contribution in [3.8, 4) is 46.0 Å². The fraction of sp³-hybridized carbons (Fsp3) is 0.296. The zero-order chi connectivity index (χ0) is 48.2. The fourth-order valence-electron chi connectivity index (χ4n) is 5.96. The maximum Gasteiger partial charge on any atom is 0.305 e. The maximum atomic E-state index is 14.7. The van der Waals surface area contributed by atoms with Gasteiger partial charge < -0.3 is 38.3 Å². The van der Waals surface area contributed by atoms with Gasteiger partial charge in [-0.1, -0.05) is 103 Å². The highest BCUT2D eigenvalue weighted by molar-refractivity contribution is 9.09. The Morgan fingerprint density at radius 3 is 1.42 bits per heavy atom. The van der Waals surface area contributed by atoms with E-state index in [0.717, 1.165) is 52.9 Å². The van der Waals surface area contributed by atoms with Crippen molar-refractivity contribution in [1.29, 1.82) is 0 Å². The van der Waals surface area contributed by atoms with Crippen LogP contribution in [0.15, 0.2) is 133 Å². The quantitative estimate of drug-likeness (QED) is 0.0400. The standard InChI is InChI=1S/C27H29FO5.C21H19FO3.C6H11BrO2/c1-3-20-12-14-25(26(17-20)32-19-21-9-6-5-7-10-21)33-24-15-13-22(18-23(24)28)31-16-8-11-27(29)30-4-2;1-2-15-8-10-20(25-19-11-9-17(23)13-18(19)22)21(12-15)24-14-16-6-4-3-5-7-16;1-2-9-6(8)4-3-5-7/h5-7,9-10,12-15,17-18H,3-4,8,11,16,19H2,1-2H3;3-13,23H,2,14H2,1H3;2-5H2,1H3. The van der Waals surface area contributed by atoms with Crippen LogP contribution in [0.5, 0.6) is 46.0 Å². The second-order valence-electron chi connectivity index (χ2n) is 14.6. The van der Waals surface area contributed by atoms with Gasteiger partial charge in [0.05, 0.1) is 19.8 Å². The normalized spacial score (nSPS) is 10.3. The van der Waals surface area contributed by atoms with E-state index >= 15 is 0 Å². The molecule has 0 aliphatic heterocycles. The second-order valence-corrected chi connectivity index (χ2v) is 15.4. The zero-order valence-corrected chi connectivity index (χ0v) is 40.0. The number of hydrogen-bond acceptors (Lipinski definition) is 10. The van der Waals surface area contributed by atoms with Gasteiger partial charge in [-0.25, -0.2) is 8.78 Å². The Balaban J connectivity index is 0.000000253. The lowest BCUT2D eigenvalue weighted by molar-refractivity contribution is -0.144. The van der Waals surface area contributed by atoms with Crippen LogP contribution < -0.4 is 23.7 Å². The molecule has 0 aromatic heterocycles. The number of carbonyl (C=O) groups is 2. The minimum atomic E-state index is -0.631. The first-order chi connectivity index (χ1) is 32.5. The van der Waals surface area contributed by atoms with Crippen molar-refractivity contribution in [2.75, 3.05) is 25.2 Å². The highest BCUT2D eigenvalue weighted by Crippen LogP contribution is 2.37. The van der Waals surface area contributed by atoms with Crippen molar-refractivity contribution in [3.63, 3.8) is 0 Å². The SMILES string of the molecule is CCOC(=O)CCCBr.CCOC(=O)CCCOc1ccc(Oc2ccc(CC)cc2OCc2ccccc2)c(F)c1.CCc1ccc(Oc2ccc(O)cc2F)c(OCc2ccccc2)c1. The molecule has 0 bridgehead atoms. The predicted molar refractivity (Wildman–Crippen MR) is 259 cm³/mol. The van der Waals surface area contributed by atoms with Gasteiger partial charge in [0.1, 0.15) is 24.7 Å². The van der Waals surface area contributed by atoms with Crippen LogP contribution in [0, 0.1) is 11.6 Å². The van der Waals surface area contributed by atoms with Gasteiger partial charge in [0, 0.05) is 30.3 Å². The van der Waals surface area contributed by atoms with Gasteiger partial charge in [0.2, 0.25) is 0 Å². The molecule has 0 amide bonds. The zero-order valence-electron chi connectivity index (χ0n) is 38.4. The molecule has 6 aromatic rings. The number of benzene rings is 6. The molecular weight excluding hydrogens is 926 g/mol. The largest absolute Gasteiger partial charge is 0.508 e. The number of hydrogen-bond donors (Lipinski definition) is 1. The number of carbonyl (C=O) groups excluding carboxylic acids is 2. The van der Waals surface area contributed by atoms with Crippen LogP contribution in [0.2, 0.25) is 0 Å². The van der Waals surface area contributed by atoms with E-state index in [4.69, 9.17) is 28.4 Å². The summed E-state index contributed by atoms with van der Waals surface area (Å²) in [6, 6.07) is 39.0. The van der Waals surface area contributed by atoms with Gasteiger partial charge in [-0.15, -0.1) is 0 Å². The molecule has 0 aliphatic rings. The first-order valence-electron chi connectivity index (χ1n) is 22.3. The number of esters is 2. The van der Waals surface area contributed by atoms with Crippen molar-refractivity contribution in [3.05, 3.63) is 167 Å². The Morgan fingerprint density at radius 1 is 0.507 bits per heavy atom. The fourth-order valence-corrected chi connectivity index (χ4v) is 6.24. The highest BCUT2D eigenvalue weighted by atomic mass is 79.9. The number of aryl methyl sites for hydroxylation is 2. The Labute approximate surface area is 400 Å². The van der Waals surface area contributed by atoms with Gasteiger partial charge >= 0.3 is 11.9 Å². The number of phenolic OH excluding ortho intramolecular Hbond substituents is 1. The molecule has 13 heteroatoms. The molecular formula is C54H59BrF2O10. The third-order valence-corrected chi connectivity index (χ3v) is 10.0. The van der Waals surface area contributed by atoms with Crippen LogP contribution >= 0.6 is 15.9 Å². The van der Waals surface area contributed by atoms with Gasteiger partial charge in [0.15, 0.2) is 46.1 Å². The molecule has 0 spiro atoms. The average Bonchev–Trinajstić information content (AvgIpc) is 3.34. The van der Waals surface area contributed by atoms with E-state index in [1.165, 1.54) is 24.3 Å². The summed E-state index contributed by atoms with van der Waals surface area (Å²) in [6.45, 7) is 9.58. The van der Waals surface area contributed by atoms with Crippen LogP contribution in [0.3, 0.4) is 0 Å². The Bertz CT molecular complexity index is 2400. The number of phenols is 1.